The van der Waals surface area contributed by atoms with E-state index in [1.54, 1.807) is 11.3 Å². The molecule has 1 amide bonds. The van der Waals surface area contributed by atoms with Crippen LogP contribution >= 0.6 is 11.3 Å². The lowest BCUT2D eigenvalue weighted by atomic mass is 9.89. The first-order chi connectivity index (χ1) is 11.6. The smallest absolute Gasteiger partial charge is 0.226 e. The highest BCUT2D eigenvalue weighted by Crippen LogP contribution is 2.39. The Hall–Kier alpha value is -1.42. The Bertz CT molecular complexity index is 649. The quantitative estimate of drug-likeness (QED) is 0.909. The SMILES string of the molecule is CC1CCc2c(sc(NC(=O)CCN3CCOC(C)C3)c2C#N)C1. The highest BCUT2D eigenvalue weighted by molar-refractivity contribution is 7.16. The highest BCUT2D eigenvalue weighted by atomic mass is 32.1. The number of hydrogen-bond acceptors (Lipinski definition) is 5. The van der Waals surface area contributed by atoms with Crippen LogP contribution < -0.4 is 5.32 Å². The fourth-order valence-electron chi connectivity index (χ4n) is 3.50. The third-order valence-corrected chi connectivity index (χ3v) is 6.03. The molecule has 0 spiro atoms. The van der Waals surface area contributed by atoms with Gasteiger partial charge in [-0.25, -0.2) is 0 Å². The maximum atomic E-state index is 12.3. The number of thiophene rings is 1. The molecule has 2 atom stereocenters. The molecule has 1 N–H and O–H groups in total. The molecule has 3 rings (SSSR count). The standard InChI is InChI=1S/C18H25N3O2S/c1-12-3-4-14-15(10-19)18(24-16(14)9-12)20-17(22)5-6-21-7-8-23-13(2)11-21/h12-13H,3-9,11H2,1-2H3,(H,20,22). The number of fused-ring (bicyclic) bond motifs is 1. The van der Waals surface area contributed by atoms with Gasteiger partial charge in [0.2, 0.25) is 5.91 Å². The second-order valence-corrected chi connectivity index (χ2v) is 8.05. The van der Waals surface area contributed by atoms with Gasteiger partial charge in [-0.3, -0.25) is 9.69 Å². The summed E-state index contributed by atoms with van der Waals surface area (Å²) in [5.74, 6) is 0.659. The van der Waals surface area contributed by atoms with Crippen molar-refractivity contribution in [2.45, 2.75) is 45.6 Å². The highest BCUT2D eigenvalue weighted by Gasteiger charge is 2.25. The summed E-state index contributed by atoms with van der Waals surface area (Å²) in [5.41, 5.74) is 1.85. The lowest BCUT2D eigenvalue weighted by Crippen LogP contribution is -2.42. The fraction of sp³-hybridized carbons (Fsp3) is 0.667. The number of anilines is 1. The molecule has 0 bridgehead atoms. The Morgan fingerprint density at radius 1 is 1.50 bits per heavy atom. The molecular formula is C18H25N3O2S. The summed E-state index contributed by atoms with van der Waals surface area (Å²) in [4.78, 5) is 15.9. The Morgan fingerprint density at radius 3 is 3.08 bits per heavy atom. The minimum absolute atomic E-state index is 0.00251. The van der Waals surface area contributed by atoms with Gasteiger partial charge >= 0.3 is 0 Å². The normalized spacial score (nSPS) is 24.2. The van der Waals surface area contributed by atoms with E-state index in [1.807, 2.05) is 0 Å². The van der Waals surface area contributed by atoms with Gasteiger partial charge in [0.15, 0.2) is 0 Å². The molecule has 1 aromatic heterocycles. The first-order valence-electron chi connectivity index (χ1n) is 8.75. The molecule has 2 heterocycles. The van der Waals surface area contributed by atoms with Gasteiger partial charge in [0.1, 0.15) is 11.1 Å². The van der Waals surface area contributed by atoms with Crippen molar-refractivity contribution in [2.75, 3.05) is 31.6 Å². The van der Waals surface area contributed by atoms with Crippen LogP contribution in [0.2, 0.25) is 0 Å². The van der Waals surface area contributed by atoms with E-state index >= 15 is 0 Å². The topological polar surface area (TPSA) is 65.4 Å². The number of hydrogen-bond donors (Lipinski definition) is 1. The Balaban J connectivity index is 1.59. The minimum Gasteiger partial charge on any atom is -0.376 e. The summed E-state index contributed by atoms with van der Waals surface area (Å²) in [7, 11) is 0. The van der Waals surface area contributed by atoms with Crippen LogP contribution in [0.4, 0.5) is 5.00 Å². The summed E-state index contributed by atoms with van der Waals surface area (Å²) in [6.07, 6.45) is 3.80. The van der Waals surface area contributed by atoms with Crippen molar-refractivity contribution in [3.8, 4) is 6.07 Å². The van der Waals surface area contributed by atoms with E-state index in [0.717, 1.165) is 56.1 Å². The van der Waals surface area contributed by atoms with Crippen molar-refractivity contribution in [1.82, 2.24) is 4.90 Å². The second kappa shape index (κ2) is 7.64. The first-order valence-corrected chi connectivity index (χ1v) is 9.57. The minimum atomic E-state index is -0.00251. The van der Waals surface area contributed by atoms with Crippen LogP contribution in [0.5, 0.6) is 0 Å². The molecule has 1 aliphatic heterocycles. The zero-order chi connectivity index (χ0) is 17.1. The van der Waals surface area contributed by atoms with Crippen molar-refractivity contribution in [2.24, 2.45) is 5.92 Å². The number of nitrogens with one attached hydrogen (secondary N) is 1. The number of nitrogens with zero attached hydrogens (tertiary/aromatic N) is 2. The summed E-state index contributed by atoms with van der Waals surface area (Å²) in [5, 5.41) is 13.2. The van der Waals surface area contributed by atoms with Crippen molar-refractivity contribution >= 4 is 22.2 Å². The van der Waals surface area contributed by atoms with Crippen molar-refractivity contribution < 1.29 is 9.53 Å². The Kier molecular flexibility index (Phi) is 5.54. The fourth-order valence-corrected chi connectivity index (χ4v) is 4.88. The van der Waals surface area contributed by atoms with E-state index in [0.29, 0.717) is 17.9 Å². The monoisotopic (exact) mass is 347 g/mol. The third kappa shape index (κ3) is 3.97. The lowest BCUT2D eigenvalue weighted by molar-refractivity contribution is -0.117. The van der Waals surface area contributed by atoms with E-state index in [2.05, 4.69) is 30.1 Å². The van der Waals surface area contributed by atoms with Crippen molar-refractivity contribution in [3.63, 3.8) is 0 Å². The second-order valence-electron chi connectivity index (χ2n) is 6.95. The van der Waals surface area contributed by atoms with Gasteiger partial charge in [-0.1, -0.05) is 6.92 Å². The summed E-state index contributed by atoms with van der Waals surface area (Å²) >= 11 is 1.59. The van der Waals surface area contributed by atoms with E-state index in [-0.39, 0.29) is 12.0 Å². The maximum Gasteiger partial charge on any atom is 0.226 e. The predicted molar refractivity (Wildman–Crippen MR) is 95.3 cm³/mol. The van der Waals surface area contributed by atoms with Gasteiger partial charge in [-0.2, -0.15) is 5.26 Å². The lowest BCUT2D eigenvalue weighted by Gasteiger charge is -2.30. The third-order valence-electron chi connectivity index (χ3n) is 4.86. The largest absolute Gasteiger partial charge is 0.376 e. The molecule has 0 saturated carbocycles. The Morgan fingerprint density at radius 2 is 2.33 bits per heavy atom. The van der Waals surface area contributed by atoms with Crippen LogP contribution in [0, 0.1) is 17.2 Å². The summed E-state index contributed by atoms with van der Waals surface area (Å²) in [6.45, 7) is 7.54. The summed E-state index contributed by atoms with van der Waals surface area (Å²) < 4.78 is 5.52. The predicted octanol–water partition coefficient (Wildman–Crippen LogP) is 2.79. The molecule has 24 heavy (non-hydrogen) atoms. The number of ether oxygens (including phenoxy) is 1. The van der Waals surface area contributed by atoms with Crippen LogP contribution in [0.1, 0.15) is 42.7 Å². The summed E-state index contributed by atoms with van der Waals surface area (Å²) in [6, 6.07) is 2.30. The molecule has 0 radical (unpaired) electrons. The van der Waals surface area contributed by atoms with Gasteiger partial charge in [0.05, 0.1) is 18.3 Å². The van der Waals surface area contributed by atoms with E-state index in [1.165, 1.54) is 4.88 Å². The average molecular weight is 347 g/mol. The van der Waals surface area contributed by atoms with E-state index in [9.17, 15) is 10.1 Å². The van der Waals surface area contributed by atoms with Crippen LogP contribution in [0.15, 0.2) is 0 Å². The zero-order valence-electron chi connectivity index (χ0n) is 14.4. The molecule has 0 aromatic carbocycles. The number of carbonyl (C=O) groups is 1. The van der Waals surface area contributed by atoms with Gasteiger partial charge in [0.25, 0.3) is 0 Å². The van der Waals surface area contributed by atoms with Crippen LogP contribution in [-0.4, -0.2) is 43.2 Å². The van der Waals surface area contributed by atoms with Gasteiger partial charge in [-0.05, 0) is 37.7 Å². The first kappa shape index (κ1) is 17.4. The molecule has 1 fully saturated rings. The molecule has 1 saturated heterocycles. The van der Waals surface area contributed by atoms with Gasteiger partial charge < -0.3 is 10.1 Å². The Labute approximate surface area is 147 Å². The number of nitriles is 1. The average Bonchev–Trinajstić information content (AvgIpc) is 2.89. The van der Waals surface area contributed by atoms with E-state index in [4.69, 9.17) is 4.74 Å². The number of morpholine rings is 1. The van der Waals surface area contributed by atoms with E-state index < -0.39 is 0 Å². The molecule has 2 aliphatic rings. The maximum absolute atomic E-state index is 12.3. The van der Waals surface area contributed by atoms with Crippen LogP contribution in [0.25, 0.3) is 0 Å². The molecule has 130 valence electrons. The molecule has 1 aliphatic carbocycles. The number of carbonyl (C=O) groups excluding carboxylic acids is 1. The van der Waals surface area contributed by atoms with Gasteiger partial charge in [0, 0.05) is 30.9 Å². The number of rotatable bonds is 4. The van der Waals surface area contributed by atoms with Crippen molar-refractivity contribution in [1.29, 1.82) is 5.26 Å². The van der Waals surface area contributed by atoms with Crippen molar-refractivity contribution in [3.05, 3.63) is 16.0 Å². The molecule has 2 unspecified atom stereocenters. The number of amides is 1. The molecule has 5 nitrogen and oxygen atoms in total. The molecule has 6 heteroatoms. The molecule has 1 aromatic rings. The zero-order valence-corrected chi connectivity index (χ0v) is 15.2. The van der Waals surface area contributed by atoms with Crippen LogP contribution in [-0.2, 0) is 22.4 Å². The molecular weight excluding hydrogens is 322 g/mol. The van der Waals surface area contributed by atoms with Crippen LogP contribution in [0.3, 0.4) is 0 Å². The van der Waals surface area contributed by atoms with Gasteiger partial charge in [-0.15, -0.1) is 11.3 Å².